The van der Waals surface area contributed by atoms with E-state index in [-0.39, 0.29) is 30.4 Å². The zero-order valence-electron chi connectivity index (χ0n) is 11.4. The van der Waals surface area contributed by atoms with Gasteiger partial charge in [-0.25, -0.2) is 26.3 Å². The molecule has 0 radical (unpaired) electrons. The van der Waals surface area contributed by atoms with Crippen molar-refractivity contribution in [1.82, 2.24) is 0 Å². The van der Waals surface area contributed by atoms with Gasteiger partial charge in [0, 0.05) is 17.7 Å². The third-order valence-electron chi connectivity index (χ3n) is 3.34. The predicted molar refractivity (Wildman–Crippen MR) is 69.3 cm³/mol. The summed E-state index contributed by atoms with van der Waals surface area (Å²) in [6.07, 6.45) is 0.715. The lowest BCUT2D eigenvalue weighted by Crippen LogP contribution is -2.00. The van der Waals surface area contributed by atoms with E-state index in [9.17, 15) is 26.3 Å². The van der Waals surface area contributed by atoms with Gasteiger partial charge in [-0.2, -0.15) is 0 Å². The molecule has 22 heavy (non-hydrogen) atoms. The van der Waals surface area contributed by atoms with Crippen molar-refractivity contribution in [1.29, 1.82) is 0 Å². The Bertz CT molecular complexity index is 658. The molecule has 6 heteroatoms. The summed E-state index contributed by atoms with van der Waals surface area (Å²) >= 11 is 0. The number of benzene rings is 2. The molecule has 2 rings (SSSR count). The molecule has 0 spiro atoms. The quantitative estimate of drug-likeness (QED) is 0.409. The standard InChI is InChI=1S/C16H12F6/c17-10-7-13(19)11(14(20)8-10)4-2-1-3-9-5-6-12(18)16(22)15(9)21/h5-8H,1-4H2. The second-order valence-corrected chi connectivity index (χ2v) is 4.89. The summed E-state index contributed by atoms with van der Waals surface area (Å²) in [4.78, 5) is 0. The molecule has 0 N–H and O–H groups in total. The lowest BCUT2D eigenvalue weighted by Gasteiger charge is -2.07. The van der Waals surface area contributed by atoms with Gasteiger partial charge in [-0.3, -0.25) is 0 Å². The molecule has 0 bridgehead atoms. The highest BCUT2D eigenvalue weighted by Crippen LogP contribution is 2.20. The second kappa shape index (κ2) is 6.85. The molecule has 0 saturated heterocycles. The molecular formula is C16H12F6. The SMILES string of the molecule is Fc1cc(F)c(CCCCc2ccc(F)c(F)c2F)c(F)c1. The van der Waals surface area contributed by atoms with Crippen LogP contribution in [0.2, 0.25) is 0 Å². The molecule has 0 aliphatic heterocycles. The Hall–Kier alpha value is -1.98. The molecule has 0 nitrogen and oxygen atoms in total. The van der Waals surface area contributed by atoms with Gasteiger partial charge < -0.3 is 0 Å². The maximum absolute atomic E-state index is 13.4. The van der Waals surface area contributed by atoms with Crippen LogP contribution >= 0.6 is 0 Å². The van der Waals surface area contributed by atoms with E-state index in [0.29, 0.717) is 18.6 Å². The summed E-state index contributed by atoms with van der Waals surface area (Å²) in [6.45, 7) is 0. The Morgan fingerprint density at radius 2 is 1.23 bits per heavy atom. The van der Waals surface area contributed by atoms with E-state index < -0.39 is 34.9 Å². The van der Waals surface area contributed by atoms with Crippen molar-refractivity contribution >= 4 is 0 Å². The number of aryl methyl sites for hydroxylation is 1. The van der Waals surface area contributed by atoms with E-state index in [2.05, 4.69) is 0 Å². The maximum atomic E-state index is 13.4. The van der Waals surface area contributed by atoms with Crippen molar-refractivity contribution in [2.24, 2.45) is 0 Å². The van der Waals surface area contributed by atoms with E-state index in [4.69, 9.17) is 0 Å². The van der Waals surface area contributed by atoms with Crippen LogP contribution in [0.4, 0.5) is 26.3 Å². The number of hydrogen-bond donors (Lipinski definition) is 0. The highest BCUT2D eigenvalue weighted by molar-refractivity contribution is 5.22. The van der Waals surface area contributed by atoms with Crippen LogP contribution in [0.15, 0.2) is 24.3 Å². The third kappa shape index (κ3) is 3.61. The van der Waals surface area contributed by atoms with Crippen LogP contribution in [-0.2, 0) is 12.8 Å². The maximum Gasteiger partial charge on any atom is 0.194 e. The highest BCUT2D eigenvalue weighted by Gasteiger charge is 2.14. The number of halogens is 6. The second-order valence-electron chi connectivity index (χ2n) is 4.89. The zero-order chi connectivity index (χ0) is 16.3. The number of unbranched alkanes of at least 4 members (excludes halogenated alkanes) is 1. The van der Waals surface area contributed by atoms with Gasteiger partial charge in [-0.1, -0.05) is 6.07 Å². The predicted octanol–water partition coefficient (Wildman–Crippen LogP) is 5.09. The van der Waals surface area contributed by atoms with Crippen LogP contribution in [0, 0.1) is 34.9 Å². The van der Waals surface area contributed by atoms with E-state index in [0.717, 1.165) is 12.1 Å². The molecular weight excluding hydrogens is 306 g/mol. The molecule has 0 saturated carbocycles. The molecule has 0 fully saturated rings. The van der Waals surface area contributed by atoms with E-state index in [1.807, 2.05) is 0 Å². The van der Waals surface area contributed by atoms with Crippen molar-refractivity contribution in [2.45, 2.75) is 25.7 Å². The summed E-state index contributed by atoms with van der Waals surface area (Å²) in [5.41, 5.74) is -0.244. The molecule has 0 aliphatic carbocycles. The summed E-state index contributed by atoms with van der Waals surface area (Å²) in [5.74, 6) is -7.00. The van der Waals surface area contributed by atoms with Crippen LogP contribution in [0.5, 0.6) is 0 Å². The lowest BCUT2D eigenvalue weighted by molar-refractivity contribution is 0.439. The fourth-order valence-corrected chi connectivity index (χ4v) is 2.19. The van der Waals surface area contributed by atoms with Crippen LogP contribution < -0.4 is 0 Å². The summed E-state index contributed by atoms with van der Waals surface area (Å²) in [5, 5.41) is 0. The Morgan fingerprint density at radius 1 is 0.636 bits per heavy atom. The average molecular weight is 318 g/mol. The van der Waals surface area contributed by atoms with Crippen LogP contribution in [0.1, 0.15) is 24.0 Å². The first-order valence-electron chi connectivity index (χ1n) is 6.66. The third-order valence-corrected chi connectivity index (χ3v) is 3.34. The van der Waals surface area contributed by atoms with Gasteiger partial charge in [-0.15, -0.1) is 0 Å². The normalized spacial score (nSPS) is 11.0. The molecule has 0 amide bonds. The van der Waals surface area contributed by atoms with Gasteiger partial charge in [0.25, 0.3) is 0 Å². The smallest absolute Gasteiger partial charge is 0.194 e. The first kappa shape index (κ1) is 16.4. The molecule has 0 unspecified atom stereocenters. The largest absolute Gasteiger partial charge is 0.207 e. The zero-order valence-corrected chi connectivity index (χ0v) is 11.4. The molecule has 2 aromatic carbocycles. The van der Waals surface area contributed by atoms with E-state index >= 15 is 0 Å². The van der Waals surface area contributed by atoms with Gasteiger partial charge in [-0.05, 0) is 37.3 Å². The lowest BCUT2D eigenvalue weighted by atomic mass is 10.0. The Balaban J connectivity index is 1.95. The summed E-state index contributed by atoms with van der Waals surface area (Å²) in [7, 11) is 0. The molecule has 0 heterocycles. The van der Waals surface area contributed by atoms with Crippen LogP contribution in [0.3, 0.4) is 0 Å². The summed E-state index contributed by atoms with van der Waals surface area (Å²) < 4.78 is 78.7. The molecule has 0 aliphatic rings. The minimum atomic E-state index is -1.53. The van der Waals surface area contributed by atoms with Crippen molar-refractivity contribution in [2.75, 3.05) is 0 Å². The van der Waals surface area contributed by atoms with Crippen molar-refractivity contribution in [3.63, 3.8) is 0 Å². The Morgan fingerprint density at radius 3 is 1.86 bits per heavy atom. The molecule has 0 atom stereocenters. The number of hydrogen-bond acceptors (Lipinski definition) is 0. The first-order chi connectivity index (χ1) is 10.4. The van der Waals surface area contributed by atoms with Crippen LogP contribution in [-0.4, -0.2) is 0 Å². The fourth-order valence-electron chi connectivity index (χ4n) is 2.19. The fraction of sp³-hybridized carbons (Fsp3) is 0.250. The van der Waals surface area contributed by atoms with Gasteiger partial charge in [0.2, 0.25) is 0 Å². The molecule has 0 aromatic heterocycles. The van der Waals surface area contributed by atoms with Crippen molar-refractivity contribution < 1.29 is 26.3 Å². The monoisotopic (exact) mass is 318 g/mol. The topological polar surface area (TPSA) is 0 Å². The van der Waals surface area contributed by atoms with Crippen LogP contribution in [0.25, 0.3) is 0 Å². The van der Waals surface area contributed by atoms with E-state index in [1.165, 1.54) is 0 Å². The van der Waals surface area contributed by atoms with Gasteiger partial charge in [0.15, 0.2) is 17.5 Å². The molecule has 118 valence electrons. The van der Waals surface area contributed by atoms with Gasteiger partial charge >= 0.3 is 0 Å². The minimum absolute atomic E-state index is 0.000972. The van der Waals surface area contributed by atoms with Crippen molar-refractivity contribution in [3.05, 3.63) is 70.3 Å². The number of rotatable bonds is 5. The molecule has 2 aromatic rings. The van der Waals surface area contributed by atoms with E-state index in [1.54, 1.807) is 0 Å². The van der Waals surface area contributed by atoms with Crippen molar-refractivity contribution in [3.8, 4) is 0 Å². The van der Waals surface area contributed by atoms with Gasteiger partial charge in [0.1, 0.15) is 17.5 Å². The van der Waals surface area contributed by atoms with Gasteiger partial charge in [0.05, 0.1) is 0 Å². The minimum Gasteiger partial charge on any atom is -0.207 e. The first-order valence-corrected chi connectivity index (χ1v) is 6.66. The Labute approximate surface area is 123 Å². The summed E-state index contributed by atoms with van der Waals surface area (Å²) in [6, 6.07) is 3.14. The Kier molecular flexibility index (Phi) is 5.11. The highest BCUT2D eigenvalue weighted by atomic mass is 19.2. The average Bonchev–Trinajstić information content (AvgIpc) is 2.45.